The van der Waals surface area contributed by atoms with E-state index in [0.29, 0.717) is 6.04 Å². The largest absolute Gasteiger partial charge is 0.492 e. The van der Waals surface area contributed by atoms with Crippen molar-refractivity contribution in [3.63, 3.8) is 0 Å². The van der Waals surface area contributed by atoms with Crippen molar-refractivity contribution in [3.05, 3.63) is 47.5 Å². The van der Waals surface area contributed by atoms with E-state index in [4.69, 9.17) is 4.74 Å². The van der Waals surface area contributed by atoms with Crippen LogP contribution in [-0.4, -0.2) is 12.6 Å². The van der Waals surface area contributed by atoms with Crippen LogP contribution < -0.4 is 10.1 Å². The molecule has 2 nitrogen and oxygen atoms in total. The second-order valence-corrected chi connectivity index (χ2v) is 5.85. The zero-order valence-corrected chi connectivity index (χ0v) is 11.8. The van der Waals surface area contributed by atoms with Gasteiger partial charge in [-0.2, -0.15) is 0 Å². The third-order valence-electron chi connectivity index (χ3n) is 4.38. The molecule has 102 valence electrons. The lowest BCUT2D eigenvalue weighted by atomic mass is 9.94. The Labute approximate surface area is 119 Å². The molecule has 2 aromatic rings. The summed E-state index contributed by atoms with van der Waals surface area (Å²) in [6.45, 7) is 3.06. The van der Waals surface area contributed by atoms with E-state index in [1.165, 1.54) is 34.4 Å². The fourth-order valence-corrected chi connectivity index (χ4v) is 3.26. The molecular formula is C18H19NO. The third kappa shape index (κ3) is 1.87. The number of para-hydroxylation sites is 1. The van der Waals surface area contributed by atoms with Gasteiger partial charge in [0.15, 0.2) is 0 Å². The minimum atomic E-state index is 0.581. The molecular weight excluding hydrogens is 246 g/mol. The van der Waals surface area contributed by atoms with Crippen LogP contribution in [-0.2, 0) is 12.8 Å². The molecule has 0 aliphatic carbocycles. The molecule has 0 aromatic heterocycles. The molecule has 2 heterocycles. The van der Waals surface area contributed by atoms with Gasteiger partial charge in [0.2, 0.25) is 0 Å². The Bertz CT molecular complexity index is 662. The zero-order chi connectivity index (χ0) is 13.5. The molecule has 0 bridgehead atoms. The molecule has 0 amide bonds. The number of anilines is 1. The first-order valence-electron chi connectivity index (χ1n) is 7.46. The first-order chi connectivity index (χ1) is 9.81. The molecule has 1 N–H and O–H groups in total. The van der Waals surface area contributed by atoms with E-state index in [0.717, 1.165) is 25.2 Å². The van der Waals surface area contributed by atoms with Crippen molar-refractivity contribution in [3.8, 4) is 16.9 Å². The Balaban J connectivity index is 1.79. The van der Waals surface area contributed by atoms with E-state index in [1.54, 1.807) is 0 Å². The molecule has 1 unspecified atom stereocenters. The quantitative estimate of drug-likeness (QED) is 0.840. The smallest absolute Gasteiger partial charge is 0.130 e. The van der Waals surface area contributed by atoms with Gasteiger partial charge in [-0.3, -0.25) is 0 Å². The summed E-state index contributed by atoms with van der Waals surface area (Å²) < 4.78 is 5.83. The fraction of sp³-hybridized carbons (Fsp3) is 0.333. The van der Waals surface area contributed by atoms with Crippen LogP contribution in [0.2, 0.25) is 0 Å². The van der Waals surface area contributed by atoms with Crippen molar-refractivity contribution >= 4 is 5.69 Å². The van der Waals surface area contributed by atoms with Crippen LogP contribution in [0.25, 0.3) is 11.1 Å². The van der Waals surface area contributed by atoms with Gasteiger partial charge in [-0.05, 0) is 48.6 Å². The summed E-state index contributed by atoms with van der Waals surface area (Å²) in [5, 5.41) is 3.56. The molecule has 2 aliphatic heterocycles. The van der Waals surface area contributed by atoms with Gasteiger partial charge in [-0.1, -0.05) is 24.3 Å². The SMILES string of the molecule is CC1CCc2cc(-c3cccc4c3OCC4)ccc2N1. The van der Waals surface area contributed by atoms with Gasteiger partial charge in [0.05, 0.1) is 6.61 Å². The summed E-state index contributed by atoms with van der Waals surface area (Å²) in [5.41, 5.74) is 6.57. The molecule has 0 spiro atoms. The highest BCUT2D eigenvalue weighted by Gasteiger charge is 2.19. The maximum Gasteiger partial charge on any atom is 0.130 e. The van der Waals surface area contributed by atoms with E-state index in [9.17, 15) is 0 Å². The van der Waals surface area contributed by atoms with Crippen LogP contribution in [0.1, 0.15) is 24.5 Å². The van der Waals surface area contributed by atoms with E-state index >= 15 is 0 Å². The molecule has 0 saturated heterocycles. The van der Waals surface area contributed by atoms with Gasteiger partial charge in [0.25, 0.3) is 0 Å². The normalized spacial score (nSPS) is 19.8. The first kappa shape index (κ1) is 11.8. The van der Waals surface area contributed by atoms with Crippen LogP contribution in [0, 0.1) is 0 Å². The van der Waals surface area contributed by atoms with Crippen molar-refractivity contribution in [1.29, 1.82) is 0 Å². The van der Waals surface area contributed by atoms with Crippen molar-refractivity contribution in [1.82, 2.24) is 0 Å². The Morgan fingerprint density at radius 1 is 1.10 bits per heavy atom. The minimum Gasteiger partial charge on any atom is -0.492 e. The van der Waals surface area contributed by atoms with Gasteiger partial charge in [0, 0.05) is 23.7 Å². The van der Waals surface area contributed by atoms with E-state index in [1.807, 2.05) is 0 Å². The monoisotopic (exact) mass is 265 g/mol. The van der Waals surface area contributed by atoms with Crippen molar-refractivity contribution in [2.24, 2.45) is 0 Å². The Morgan fingerprint density at radius 3 is 3.00 bits per heavy atom. The zero-order valence-electron chi connectivity index (χ0n) is 11.8. The topological polar surface area (TPSA) is 21.3 Å². The lowest BCUT2D eigenvalue weighted by Crippen LogP contribution is -2.21. The van der Waals surface area contributed by atoms with E-state index < -0.39 is 0 Å². The predicted octanol–water partition coefficient (Wildman–Crippen LogP) is 4.04. The van der Waals surface area contributed by atoms with Gasteiger partial charge in [-0.25, -0.2) is 0 Å². The average Bonchev–Trinajstić information content (AvgIpc) is 2.95. The third-order valence-corrected chi connectivity index (χ3v) is 4.38. The van der Waals surface area contributed by atoms with Crippen molar-refractivity contribution in [2.45, 2.75) is 32.2 Å². The lowest BCUT2D eigenvalue weighted by molar-refractivity contribution is 0.358. The number of ether oxygens (including phenoxy) is 1. The van der Waals surface area contributed by atoms with Crippen molar-refractivity contribution < 1.29 is 4.74 Å². The average molecular weight is 265 g/mol. The van der Waals surface area contributed by atoms with Gasteiger partial charge >= 0.3 is 0 Å². The molecule has 2 aromatic carbocycles. The molecule has 0 fully saturated rings. The molecule has 0 radical (unpaired) electrons. The summed E-state index contributed by atoms with van der Waals surface area (Å²) in [6, 6.07) is 13.8. The fourth-order valence-electron chi connectivity index (χ4n) is 3.26. The second-order valence-electron chi connectivity index (χ2n) is 5.85. The second kappa shape index (κ2) is 4.55. The van der Waals surface area contributed by atoms with Crippen molar-refractivity contribution in [2.75, 3.05) is 11.9 Å². The maximum atomic E-state index is 5.83. The lowest BCUT2D eigenvalue weighted by Gasteiger charge is -2.24. The first-order valence-corrected chi connectivity index (χ1v) is 7.46. The highest BCUT2D eigenvalue weighted by atomic mass is 16.5. The summed E-state index contributed by atoms with van der Waals surface area (Å²) >= 11 is 0. The van der Waals surface area contributed by atoms with Crippen LogP contribution in [0.3, 0.4) is 0 Å². The standard InChI is InChI=1S/C18H19NO/c1-12-5-6-15-11-14(7-8-17(15)19-12)16-4-2-3-13-9-10-20-18(13)16/h2-4,7-8,11-12,19H,5-6,9-10H2,1H3. The number of benzene rings is 2. The Morgan fingerprint density at radius 2 is 2.05 bits per heavy atom. The highest BCUT2D eigenvalue weighted by Crippen LogP contribution is 2.38. The Hall–Kier alpha value is -1.96. The van der Waals surface area contributed by atoms with E-state index in [-0.39, 0.29) is 0 Å². The summed E-state index contributed by atoms with van der Waals surface area (Å²) in [6.07, 6.45) is 3.40. The molecule has 0 saturated carbocycles. The Kier molecular flexibility index (Phi) is 2.69. The summed E-state index contributed by atoms with van der Waals surface area (Å²) in [4.78, 5) is 0. The van der Waals surface area contributed by atoms with Gasteiger partial charge in [-0.15, -0.1) is 0 Å². The van der Waals surface area contributed by atoms with Gasteiger partial charge in [0.1, 0.15) is 5.75 Å². The number of nitrogens with one attached hydrogen (secondary N) is 1. The molecule has 1 atom stereocenters. The molecule has 2 aliphatic rings. The molecule has 20 heavy (non-hydrogen) atoms. The van der Waals surface area contributed by atoms with Crippen LogP contribution >= 0.6 is 0 Å². The number of rotatable bonds is 1. The molecule has 2 heteroatoms. The maximum absolute atomic E-state index is 5.83. The van der Waals surface area contributed by atoms with Crippen LogP contribution in [0.4, 0.5) is 5.69 Å². The molecule has 4 rings (SSSR count). The predicted molar refractivity (Wildman–Crippen MR) is 82.5 cm³/mol. The minimum absolute atomic E-state index is 0.581. The summed E-state index contributed by atoms with van der Waals surface area (Å²) in [5.74, 6) is 1.09. The van der Waals surface area contributed by atoms with Crippen LogP contribution in [0.5, 0.6) is 5.75 Å². The van der Waals surface area contributed by atoms with E-state index in [2.05, 4.69) is 48.6 Å². The number of hydrogen-bond acceptors (Lipinski definition) is 2. The number of fused-ring (bicyclic) bond motifs is 2. The van der Waals surface area contributed by atoms with Gasteiger partial charge < -0.3 is 10.1 Å². The number of hydrogen-bond donors (Lipinski definition) is 1. The van der Waals surface area contributed by atoms with Crippen LogP contribution in [0.15, 0.2) is 36.4 Å². The number of aryl methyl sites for hydroxylation is 1. The highest BCUT2D eigenvalue weighted by molar-refractivity contribution is 5.75. The summed E-state index contributed by atoms with van der Waals surface area (Å²) in [7, 11) is 0.